The lowest BCUT2D eigenvalue weighted by Gasteiger charge is -2.10. The molecule has 1 amide bonds. The predicted octanol–water partition coefficient (Wildman–Crippen LogP) is 3.75. The van der Waals surface area contributed by atoms with Gasteiger partial charge in [0.05, 0.1) is 0 Å². The van der Waals surface area contributed by atoms with E-state index in [4.69, 9.17) is 0 Å². The molecule has 1 fully saturated rings. The number of benzene rings is 2. The van der Waals surface area contributed by atoms with Crippen LogP contribution in [0.2, 0.25) is 0 Å². The summed E-state index contributed by atoms with van der Waals surface area (Å²) < 4.78 is 0. The number of hydrogen-bond acceptors (Lipinski definition) is 3. The Hall–Kier alpha value is -1.23. The Morgan fingerprint density at radius 1 is 1.21 bits per heavy atom. The van der Waals surface area contributed by atoms with E-state index in [-0.39, 0.29) is 18.3 Å². The number of carbonyl (C=O) groups is 1. The Morgan fingerprint density at radius 3 is 2.88 bits per heavy atom. The third kappa shape index (κ3) is 5.40. The van der Waals surface area contributed by atoms with Gasteiger partial charge >= 0.3 is 0 Å². The molecule has 0 aromatic heterocycles. The Kier molecular flexibility index (Phi) is 7.89. The first-order valence-electron chi connectivity index (χ1n) is 8.37. The van der Waals surface area contributed by atoms with E-state index in [2.05, 4.69) is 53.1 Å². The van der Waals surface area contributed by atoms with Crippen molar-refractivity contribution >= 4 is 40.8 Å². The monoisotopic (exact) mass is 364 g/mol. The van der Waals surface area contributed by atoms with Crippen molar-refractivity contribution in [2.24, 2.45) is 0 Å². The maximum atomic E-state index is 11.8. The van der Waals surface area contributed by atoms with Gasteiger partial charge in [-0.3, -0.25) is 4.79 Å². The van der Waals surface area contributed by atoms with Crippen molar-refractivity contribution in [3.8, 4) is 0 Å². The number of fused-ring (bicyclic) bond motifs is 1. The van der Waals surface area contributed by atoms with Gasteiger partial charge in [-0.2, -0.15) is 11.8 Å². The van der Waals surface area contributed by atoms with Crippen molar-refractivity contribution in [1.29, 1.82) is 0 Å². The molecular weight excluding hydrogens is 340 g/mol. The third-order valence-corrected chi connectivity index (χ3v) is 5.31. The zero-order chi connectivity index (χ0) is 15.9. The van der Waals surface area contributed by atoms with E-state index < -0.39 is 0 Å². The lowest BCUT2D eigenvalue weighted by molar-refractivity contribution is -0.121. The zero-order valence-electron chi connectivity index (χ0n) is 13.8. The Labute approximate surface area is 154 Å². The summed E-state index contributed by atoms with van der Waals surface area (Å²) in [5.41, 5.74) is 1.37. The van der Waals surface area contributed by atoms with Crippen molar-refractivity contribution in [2.45, 2.75) is 31.1 Å². The Morgan fingerprint density at radius 2 is 2.04 bits per heavy atom. The van der Waals surface area contributed by atoms with E-state index in [1.165, 1.54) is 22.8 Å². The van der Waals surface area contributed by atoms with Gasteiger partial charge in [0.15, 0.2) is 0 Å². The second kappa shape index (κ2) is 9.92. The van der Waals surface area contributed by atoms with Crippen molar-refractivity contribution in [3.05, 3.63) is 48.0 Å². The molecule has 0 spiro atoms. The van der Waals surface area contributed by atoms with Gasteiger partial charge in [0, 0.05) is 30.5 Å². The van der Waals surface area contributed by atoms with Gasteiger partial charge in [-0.15, -0.1) is 12.4 Å². The van der Waals surface area contributed by atoms with Gasteiger partial charge in [-0.05, 0) is 35.7 Å². The molecule has 2 N–H and O–H groups in total. The first-order valence-corrected chi connectivity index (χ1v) is 9.53. The number of thioether (sulfide) groups is 1. The highest BCUT2D eigenvalue weighted by Gasteiger charge is 2.17. The highest BCUT2D eigenvalue weighted by atomic mass is 35.5. The van der Waals surface area contributed by atoms with E-state index >= 15 is 0 Å². The molecule has 0 saturated carbocycles. The first kappa shape index (κ1) is 19.1. The lowest BCUT2D eigenvalue weighted by atomic mass is 10.1. The van der Waals surface area contributed by atoms with Crippen LogP contribution in [0, 0.1) is 0 Å². The maximum Gasteiger partial charge on any atom is 0.221 e. The van der Waals surface area contributed by atoms with Crippen LogP contribution in [0.25, 0.3) is 10.8 Å². The zero-order valence-corrected chi connectivity index (χ0v) is 15.4. The lowest BCUT2D eigenvalue weighted by Crippen LogP contribution is -2.32. The summed E-state index contributed by atoms with van der Waals surface area (Å²) in [5, 5.41) is 9.02. The van der Waals surface area contributed by atoms with Crippen LogP contribution in [0.1, 0.15) is 24.8 Å². The molecule has 1 unspecified atom stereocenters. The van der Waals surface area contributed by atoms with Crippen molar-refractivity contribution < 1.29 is 4.79 Å². The molecule has 0 bridgehead atoms. The van der Waals surface area contributed by atoms with Crippen molar-refractivity contribution in [2.75, 3.05) is 18.8 Å². The normalized spacial score (nSPS) is 16.8. The highest BCUT2D eigenvalue weighted by Crippen LogP contribution is 2.22. The summed E-state index contributed by atoms with van der Waals surface area (Å²) in [4.78, 5) is 11.8. The summed E-state index contributed by atoms with van der Waals surface area (Å²) >= 11 is 1.88. The smallest absolute Gasteiger partial charge is 0.221 e. The molecule has 1 aliphatic heterocycles. The fourth-order valence-corrected chi connectivity index (χ4v) is 3.95. The van der Waals surface area contributed by atoms with Gasteiger partial charge in [0.2, 0.25) is 5.91 Å². The molecule has 3 nitrogen and oxygen atoms in total. The Bertz CT molecular complexity index is 653. The molecule has 1 atom stereocenters. The van der Waals surface area contributed by atoms with Crippen LogP contribution in [-0.4, -0.2) is 30.8 Å². The quantitative estimate of drug-likeness (QED) is 0.735. The minimum absolute atomic E-state index is 0. The fourth-order valence-electron chi connectivity index (χ4n) is 3.09. The summed E-state index contributed by atoms with van der Waals surface area (Å²) in [7, 11) is 0. The average Bonchev–Trinajstić information content (AvgIpc) is 3.07. The van der Waals surface area contributed by atoms with E-state index in [0.29, 0.717) is 12.5 Å². The summed E-state index contributed by atoms with van der Waals surface area (Å²) in [6.45, 7) is 1.81. The fraction of sp³-hybridized carbons (Fsp3) is 0.421. The molecule has 5 heteroatoms. The molecule has 130 valence electrons. The second-order valence-corrected chi connectivity index (χ2v) is 7.14. The summed E-state index contributed by atoms with van der Waals surface area (Å²) in [6, 6.07) is 15.4. The van der Waals surface area contributed by atoms with Crippen LogP contribution in [-0.2, 0) is 10.5 Å². The van der Waals surface area contributed by atoms with Crippen molar-refractivity contribution in [3.63, 3.8) is 0 Å². The number of carbonyl (C=O) groups excluding carboxylic acids is 1. The molecule has 24 heavy (non-hydrogen) atoms. The second-order valence-electron chi connectivity index (χ2n) is 6.04. The molecule has 0 radical (unpaired) electrons. The number of amides is 1. The Balaban J connectivity index is 0.00000208. The molecule has 2 aromatic rings. The molecule has 1 heterocycles. The topological polar surface area (TPSA) is 41.1 Å². The van der Waals surface area contributed by atoms with Crippen LogP contribution in [0.15, 0.2) is 42.5 Å². The molecular formula is C19H25ClN2OS. The molecule has 2 aromatic carbocycles. The minimum atomic E-state index is 0. The summed E-state index contributed by atoms with van der Waals surface area (Å²) in [5.74, 6) is 2.12. The number of rotatable bonds is 7. The van der Waals surface area contributed by atoms with Gasteiger partial charge in [0.25, 0.3) is 0 Å². The molecule has 1 aliphatic rings. The molecule has 1 saturated heterocycles. The summed E-state index contributed by atoms with van der Waals surface area (Å²) in [6.07, 6.45) is 2.94. The van der Waals surface area contributed by atoms with E-state index in [1.54, 1.807) is 0 Å². The third-order valence-electron chi connectivity index (χ3n) is 4.30. The predicted molar refractivity (Wildman–Crippen MR) is 106 cm³/mol. The molecule has 0 aliphatic carbocycles. The van der Waals surface area contributed by atoms with Crippen LogP contribution >= 0.6 is 24.2 Å². The van der Waals surface area contributed by atoms with E-state index in [0.717, 1.165) is 31.0 Å². The van der Waals surface area contributed by atoms with Gasteiger partial charge in [-0.1, -0.05) is 42.5 Å². The van der Waals surface area contributed by atoms with E-state index in [1.807, 2.05) is 11.8 Å². The highest BCUT2D eigenvalue weighted by molar-refractivity contribution is 7.98. The number of hydrogen-bond donors (Lipinski definition) is 2. The number of halogens is 1. The standard InChI is InChI=1S/C19H24N2OS.ClH/c22-19(13-17-8-4-10-20-17)21-11-12-23-14-16-7-3-6-15-5-1-2-9-18(15)16;/h1-3,5-7,9,17,20H,4,8,10-14H2,(H,21,22);1H. The van der Waals surface area contributed by atoms with Crippen LogP contribution in [0.5, 0.6) is 0 Å². The van der Waals surface area contributed by atoms with Gasteiger partial charge in [-0.25, -0.2) is 0 Å². The van der Waals surface area contributed by atoms with E-state index in [9.17, 15) is 4.79 Å². The maximum absolute atomic E-state index is 11.8. The van der Waals surface area contributed by atoms with Gasteiger partial charge in [0.1, 0.15) is 0 Å². The molecule has 3 rings (SSSR count). The largest absolute Gasteiger partial charge is 0.355 e. The average molecular weight is 365 g/mol. The van der Waals surface area contributed by atoms with Crippen LogP contribution in [0.3, 0.4) is 0 Å². The number of nitrogens with one attached hydrogen (secondary N) is 2. The van der Waals surface area contributed by atoms with Gasteiger partial charge < -0.3 is 10.6 Å². The minimum Gasteiger partial charge on any atom is -0.355 e. The first-order chi connectivity index (χ1) is 11.3. The van der Waals surface area contributed by atoms with Crippen LogP contribution < -0.4 is 10.6 Å². The van der Waals surface area contributed by atoms with Crippen molar-refractivity contribution in [1.82, 2.24) is 10.6 Å². The SMILES string of the molecule is Cl.O=C(CC1CCCN1)NCCSCc1cccc2ccccc12. The van der Waals surface area contributed by atoms with Crippen LogP contribution in [0.4, 0.5) is 0 Å².